The second kappa shape index (κ2) is 7.17. The molecule has 0 saturated carbocycles. The van der Waals surface area contributed by atoms with E-state index in [9.17, 15) is 14.7 Å². The molecule has 0 aromatic rings. The Balaban J connectivity index is 2.33. The highest BCUT2D eigenvalue weighted by molar-refractivity contribution is 5.83. The van der Waals surface area contributed by atoms with Crippen LogP contribution in [0.1, 0.15) is 19.8 Å². The van der Waals surface area contributed by atoms with E-state index in [0.717, 1.165) is 4.90 Å². The van der Waals surface area contributed by atoms with Crippen LogP contribution in [0.4, 0.5) is 4.79 Å². The van der Waals surface area contributed by atoms with Crippen LogP contribution in [0.15, 0.2) is 0 Å². The lowest BCUT2D eigenvalue weighted by Gasteiger charge is -2.21. The van der Waals surface area contributed by atoms with Crippen LogP contribution >= 0.6 is 0 Å². The molecule has 0 aliphatic carbocycles. The topological polar surface area (TPSA) is 99.1 Å². The Bertz CT molecular complexity index is 297. The van der Waals surface area contributed by atoms with Crippen molar-refractivity contribution in [3.8, 4) is 0 Å². The second-order valence-electron chi connectivity index (χ2n) is 4.18. The summed E-state index contributed by atoms with van der Waals surface area (Å²) in [4.78, 5) is 23.8. The summed E-state index contributed by atoms with van der Waals surface area (Å²) < 4.78 is 5.12. The van der Waals surface area contributed by atoms with E-state index >= 15 is 0 Å². The zero-order valence-electron chi connectivity index (χ0n) is 10.5. The molecule has 1 rings (SSSR count). The highest BCUT2D eigenvalue weighted by Gasteiger charge is 2.38. The van der Waals surface area contributed by atoms with Crippen molar-refractivity contribution in [2.75, 3.05) is 26.3 Å². The van der Waals surface area contributed by atoms with Crippen LogP contribution in [-0.2, 0) is 9.53 Å². The predicted octanol–water partition coefficient (Wildman–Crippen LogP) is -0.358. The standard InChI is InChI=1S/C11H20N2O5/c1-2-18-5-3-4-12-11(17)13-7-8(14)6-9(13)10(15)16/h8-9,14H,2-7H2,1H3,(H,12,17)(H,15,16)/t8?,9-/m0/s1. The van der Waals surface area contributed by atoms with Crippen molar-refractivity contribution in [3.63, 3.8) is 0 Å². The Labute approximate surface area is 106 Å². The number of likely N-dealkylation sites (tertiary alicyclic amines) is 1. The van der Waals surface area contributed by atoms with Gasteiger partial charge < -0.3 is 25.2 Å². The van der Waals surface area contributed by atoms with Crippen LogP contribution < -0.4 is 5.32 Å². The Hall–Kier alpha value is -1.34. The lowest BCUT2D eigenvalue weighted by Crippen LogP contribution is -2.46. The Morgan fingerprint density at radius 2 is 2.22 bits per heavy atom. The van der Waals surface area contributed by atoms with Crippen molar-refractivity contribution in [2.24, 2.45) is 0 Å². The molecule has 2 atom stereocenters. The molecule has 1 saturated heterocycles. The number of carboxylic acid groups (broad SMARTS) is 1. The van der Waals surface area contributed by atoms with Crippen LogP contribution in [0.2, 0.25) is 0 Å². The third kappa shape index (κ3) is 4.15. The van der Waals surface area contributed by atoms with Crippen molar-refractivity contribution in [1.82, 2.24) is 10.2 Å². The number of ether oxygens (including phenoxy) is 1. The van der Waals surface area contributed by atoms with E-state index in [2.05, 4.69) is 5.32 Å². The first-order valence-corrected chi connectivity index (χ1v) is 6.09. The zero-order chi connectivity index (χ0) is 13.5. The summed E-state index contributed by atoms with van der Waals surface area (Å²) in [5, 5.41) is 21.0. The van der Waals surface area contributed by atoms with E-state index in [1.807, 2.05) is 6.92 Å². The molecule has 104 valence electrons. The number of nitrogens with zero attached hydrogens (tertiary/aromatic N) is 1. The minimum atomic E-state index is -1.09. The van der Waals surface area contributed by atoms with Crippen LogP contribution in [0.3, 0.4) is 0 Å². The van der Waals surface area contributed by atoms with Gasteiger partial charge in [0.25, 0.3) is 0 Å². The summed E-state index contributed by atoms with van der Waals surface area (Å²) in [6.45, 7) is 3.57. The van der Waals surface area contributed by atoms with Crippen molar-refractivity contribution in [1.29, 1.82) is 0 Å². The van der Waals surface area contributed by atoms with Crippen LogP contribution in [-0.4, -0.2) is 65.6 Å². The Kier molecular flexibility index (Phi) is 5.87. The van der Waals surface area contributed by atoms with Gasteiger partial charge in [0, 0.05) is 32.7 Å². The second-order valence-corrected chi connectivity index (χ2v) is 4.18. The lowest BCUT2D eigenvalue weighted by molar-refractivity contribution is -0.141. The number of rotatable bonds is 6. The molecule has 1 unspecified atom stereocenters. The van der Waals surface area contributed by atoms with Gasteiger partial charge >= 0.3 is 12.0 Å². The fourth-order valence-electron chi connectivity index (χ4n) is 1.89. The van der Waals surface area contributed by atoms with Gasteiger partial charge in [-0.1, -0.05) is 0 Å². The average Bonchev–Trinajstić information content (AvgIpc) is 2.71. The third-order valence-electron chi connectivity index (χ3n) is 2.77. The van der Waals surface area contributed by atoms with Crippen LogP contribution in [0.25, 0.3) is 0 Å². The highest BCUT2D eigenvalue weighted by Crippen LogP contribution is 2.17. The largest absolute Gasteiger partial charge is 0.480 e. The maximum absolute atomic E-state index is 11.7. The summed E-state index contributed by atoms with van der Waals surface area (Å²) in [7, 11) is 0. The first-order chi connectivity index (χ1) is 8.56. The van der Waals surface area contributed by atoms with Gasteiger partial charge in [-0.05, 0) is 13.3 Å². The SMILES string of the molecule is CCOCCCNC(=O)N1CC(O)C[C@H]1C(=O)O. The number of aliphatic hydroxyl groups excluding tert-OH is 1. The Morgan fingerprint density at radius 1 is 1.50 bits per heavy atom. The fraction of sp³-hybridized carbons (Fsp3) is 0.818. The Morgan fingerprint density at radius 3 is 2.83 bits per heavy atom. The summed E-state index contributed by atoms with van der Waals surface area (Å²) in [5.41, 5.74) is 0. The maximum atomic E-state index is 11.7. The predicted molar refractivity (Wildman–Crippen MR) is 63.3 cm³/mol. The first kappa shape index (κ1) is 14.7. The minimum Gasteiger partial charge on any atom is -0.480 e. The van der Waals surface area contributed by atoms with E-state index in [4.69, 9.17) is 9.84 Å². The molecule has 0 aromatic carbocycles. The van der Waals surface area contributed by atoms with E-state index in [-0.39, 0.29) is 13.0 Å². The van der Waals surface area contributed by atoms with Gasteiger partial charge in [-0.3, -0.25) is 0 Å². The zero-order valence-corrected chi connectivity index (χ0v) is 10.5. The number of nitrogens with one attached hydrogen (secondary N) is 1. The number of carbonyl (C=O) groups excluding carboxylic acids is 1. The van der Waals surface area contributed by atoms with Gasteiger partial charge in [0.1, 0.15) is 6.04 Å². The molecular formula is C11H20N2O5. The molecule has 18 heavy (non-hydrogen) atoms. The van der Waals surface area contributed by atoms with Crippen LogP contribution in [0, 0.1) is 0 Å². The maximum Gasteiger partial charge on any atom is 0.326 e. The van der Waals surface area contributed by atoms with Gasteiger partial charge in [0.05, 0.1) is 6.10 Å². The van der Waals surface area contributed by atoms with E-state index < -0.39 is 24.1 Å². The van der Waals surface area contributed by atoms with Gasteiger partial charge in [-0.15, -0.1) is 0 Å². The number of hydrogen-bond donors (Lipinski definition) is 3. The molecule has 0 aromatic heterocycles. The molecule has 7 heteroatoms. The fourth-order valence-corrected chi connectivity index (χ4v) is 1.89. The normalized spacial score (nSPS) is 23.1. The van der Waals surface area contributed by atoms with Crippen molar-refractivity contribution < 1.29 is 24.5 Å². The smallest absolute Gasteiger partial charge is 0.326 e. The van der Waals surface area contributed by atoms with Gasteiger partial charge in [-0.2, -0.15) is 0 Å². The number of urea groups is 1. The van der Waals surface area contributed by atoms with Crippen LogP contribution in [0.5, 0.6) is 0 Å². The quantitative estimate of drug-likeness (QED) is 0.566. The number of β-amino-alcohol motifs (C(OH)–C–C–N with tert-alkyl or cyclic N) is 1. The lowest BCUT2D eigenvalue weighted by atomic mass is 10.2. The van der Waals surface area contributed by atoms with Crippen molar-refractivity contribution in [3.05, 3.63) is 0 Å². The molecule has 1 heterocycles. The van der Waals surface area contributed by atoms with Crippen molar-refractivity contribution >= 4 is 12.0 Å². The third-order valence-corrected chi connectivity index (χ3v) is 2.77. The minimum absolute atomic E-state index is 0.0638. The number of carboxylic acids is 1. The first-order valence-electron chi connectivity index (χ1n) is 6.09. The number of amides is 2. The number of aliphatic hydroxyl groups is 1. The monoisotopic (exact) mass is 260 g/mol. The number of hydrogen-bond acceptors (Lipinski definition) is 4. The van der Waals surface area contributed by atoms with Gasteiger partial charge in [0.15, 0.2) is 0 Å². The van der Waals surface area contributed by atoms with E-state index in [1.54, 1.807) is 0 Å². The highest BCUT2D eigenvalue weighted by atomic mass is 16.5. The molecule has 0 spiro atoms. The average molecular weight is 260 g/mol. The number of carbonyl (C=O) groups is 2. The van der Waals surface area contributed by atoms with E-state index in [0.29, 0.717) is 26.2 Å². The van der Waals surface area contributed by atoms with Gasteiger partial charge in [0.2, 0.25) is 0 Å². The van der Waals surface area contributed by atoms with Gasteiger partial charge in [-0.25, -0.2) is 9.59 Å². The van der Waals surface area contributed by atoms with E-state index in [1.165, 1.54) is 0 Å². The summed E-state index contributed by atoms with van der Waals surface area (Å²) in [5.74, 6) is -1.09. The summed E-state index contributed by atoms with van der Waals surface area (Å²) >= 11 is 0. The molecule has 1 fully saturated rings. The molecule has 7 nitrogen and oxygen atoms in total. The molecule has 1 aliphatic heterocycles. The molecule has 1 aliphatic rings. The summed E-state index contributed by atoms with van der Waals surface area (Å²) in [6, 6.07) is -1.39. The molecule has 3 N–H and O–H groups in total. The number of aliphatic carboxylic acids is 1. The molecular weight excluding hydrogens is 240 g/mol. The van der Waals surface area contributed by atoms with Crippen molar-refractivity contribution in [2.45, 2.75) is 31.9 Å². The molecule has 0 radical (unpaired) electrons. The summed E-state index contributed by atoms with van der Waals surface area (Å²) in [6.07, 6.45) is -0.00430. The molecule has 2 amide bonds. The molecule has 0 bridgehead atoms.